The summed E-state index contributed by atoms with van der Waals surface area (Å²) in [5.74, 6) is 2.03. The van der Waals surface area contributed by atoms with Crippen molar-refractivity contribution < 1.29 is 0 Å². The minimum absolute atomic E-state index is 0.428. The average molecular weight is 713 g/mol. The topological polar surface area (TPSA) is 158 Å². The normalized spacial score (nSPS) is 12.1. The van der Waals surface area contributed by atoms with E-state index in [0.717, 1.165) is 83.8 Å². The molecule has 0 radical (unpaired) electrons. The Balaban J connectivity index is 1.20. The van der Waals surface area contributed by atoms with E-state index >= 15 is 0 Å². The molecule has 2 aromatic carbocycles. The van der Waals surface area contributed by atoms with Gasteiger partial charge in [0.1, 0.15) is 23.2 Å². The van der Waals surface area contributed by atoms with E-state index < -0.39 is 0 Å². The third-order valence-electron chi connectivity index (χ3n) is 9.76. The van der Waals surface area contributed by atoms with Crippen LogP contribution in [0.4, 0.5) is 11.9 Å². The van der Waals surface area contributed by atoms with Crippen molar-refractivity contribution in [3.05, 3.63) is 73.3 Å². The molecule has 0 unspecified atom stereocenters. The van der Waals surface area contributed by atoms with Gasteiger partial charge in [-0.2, -0.15) is 20.2 Å². The minimum atomic E-state index is 0.428. The van der Waals surface area contributed by atoms with Gasteiger partial charge in [0.2, 0.25) is 11.9 Å². The van der Waals surface area contributed by atoms with Crippen molar-refractivity contribution in [2.75, 3.05) is 70.2 Å². The number of aromatic nitrogens is 12. The summed E-state index contributed by atoms with van der Waals surface area (Å²) in [7, 11) is 6.21. The molecule has 0 atom stereocenters. The van der Waals surface area contributed by atoms with Gasteiger partial charge in [0.25, 0.3) is 0 Å². The van der Waals surface area contributed by atoms with Crippen LogP contribution in [0.5, 0.6) is 0 Å². The van der Waals surface area contributed by atoms with E-state index in [0.29, 0.717) is 41.7 Å². The third-order valence-corrected chi connectivity index (χ3v) is 9.76. The number of hydrogen-bond acceptors (Lipinski definition) is 12. The number of H-pyrrole nitrogens is 2. The van der Waals surface area contributed by atoms with Gasteiger partial charge in [-0.1, -0.05) is 13.8 Å². The van der Waals surface area contributed by atoms with Gasteiger partial charge in [-0.15, -0.1) is 0 Å². The number of anilines is 2. The lowest BCUT2D eigenvalue weighted by Gasteiger charge is -2.24. The van der Waals surface area contributed by atoms with E-state index in [-0.39, 0.29) is 0 Å². The van der Waals surface area contributed by atoms with Crippen LogP contribution < -0.4 is 9.80 Å². The molecule has 0 saturated heterocycles. The van der Waals surface area contributed by atoms with Crippen LogP contribution in [0, 0.1) is 0 Å². The zero-order valence-electron chi connectivity index (χ0n) is 30.8. The summed E-state index contributed by atoms with van der Waals surface area (Å²) in [4.78, 5) is 38.5. The lowest BCUT2D eigenvalue weighted by atomic mass is 10.2. The van der Waals surface area contributed by atoms with Crippen LogP contribution in [0.2, 0.25) is 0 Å². The summed E-state index contributed by atoms with van der Waals surface area (Å²) in [5, 5.41) is 16.7. The van der Waals surface area contributed by atoms with Crippen LogP contribution in [0.1, 0.15) is 26.1 Å². The lowest BCUT2D eigenvalue weighted by molar-refractivity contribution is 0.310. The minimum Gasteiger partial charge on any atom is -0.343 e. The number of nitrogens with zero attached hydrogens (tertiary/aromatic N) is 14. The smallest absolute Gasteiger partial charge is 0.227 e. The highest BCUT2D eigenvalue weighted by atomic mass is 15.3. The first kappa shape index (κ1) is 34.1. The average Bonchev–Trinajstić information content (AvgIpc) is 3.99. The van der Waals surface area contributed by atoms with Crippen molar-refractivity contribution in [2.24, 2.45) is 0 Å². The molecule has 0 saturated carbocycles. The molecule has 0 bridgehead atoms. The Kier molecular flexibility index (Phi) is 9.37. The molecule has 6 heterocycles. The molecular formula is C37H44N16. The summed E-state index contributed by atoms with van der Waals surface area (Å²) in [6.45, 7) is 10.1. The number of rotatable bonds is 15. The molecule has 16 nitrogen and oxygen atoms in total. The summed E-state index contributed by atoms with van der Waals surface area (Å²) in [5.41, 5.74) is 6.59. The lowest BCUT2D eigenvalue weighted by Crippen LogP contribution is -2.33. The zero-order chi connectivity index (χ0) is 36.5. The second kappa shape index (κ2) is 14.6. The highest BCUT2D eigenvalue weighted by Gasteiger charge is 2.22. The number of imidazole rings is 2. The summed E-state index contributed by atoms with van der Waals surface area (Å²) < 4.78 is 4.11. The van der Waals surface area contributed by atoms with Gasteiger partial charge in [-0.05, 0) is 76.5 Å². The highest BCUT2D eigenvalue weighted by molar-refractivity contribution is 5.83. The van der Waals surface area contributed by atoms with E-state index in [1.165, 1.54) is 0 Å². The Morgan fingerprint density at radius 3 is 2.08 bits per heavy atom. The standard InChI is InChI=1S/C37H44N16/c1-6-50(7-2)16-15-49(5)36-38-22-32-35(45-36)53(28-12-10-26-20-42-47-30(26)18-28)33(43-32)23-51(14-8-13-48(3)4)37-39-21-31-34(44-37)52(24-40-31)27-11-9-25-19-41-46-29(25)17-27/h9-12,17-22,24H,6-8,13-16,23H2,1-5H3,(H,41,46)(H,42,47). The molecule has 16 heteroatoms. The predicted octanol–water partition coefficient (Wildman–Crippen LogP) is 4.43. The number of nitrogens with one attached hydrogen (secondary N) is 2. The van der Waals surface area contributed by atoms with Crippen molar-refractivity contribution in [2.45, 2.75) is 26.8 Å². The van der Waals surface area contributed by atoms with E-state index in [9.17, 15) is 0 Å². The molecule has 0 fully saturated rings. The fourth-order valence-corrected chi connectivity index (χ4v) is 6.68. The first-order valence-electron chi connectivity index (χ1n) is 18.0. The summed E-state index contributed by atoms with van der Waals surface area (Å²) >= 11 is 0. The maximum Gasteiger partial charge on any atom is 0.227 e. The van der Waals surface area contributed by atoms with Crippen LogP contribution in [0.15, 0.2) is 67.5 Å². The summed E-state index contributed by atoms with van der Waals surface area (Å²) in [6.07, 6.45) is 9.95. The monoisotopic (exact) mass is 712 g/mol. The number of fused-ring (bicyclic) bond motifs is 4. The molecule has 0 aliphatic heterocycles. The van der Waals surface area contributed by atoms with Crippen molar-refractivity contribution in [1.82, 2.24) is 69.2 Å². The highest BCUT2D eigenvalue weighted by Crippen LogP contribution is 2.27. The van der Waals surface area contributed by atoms with E-state index in [1.807, 2.05) is 42.3 Å². The number of aromatic amines is 2. The molecule has 6 aromatic heterocycles. The number of likely N-dealkylation sites (N-methyl/N-ethyl adjacent to an activating group) is 2. The second-order valence-electron chi connectivity index (χ2n) is 13.5. The molecule has 2 N–H and O–H groups in total. The van der Waals surface area contributed by atoms with Crippen molar-refractivity contribution in [3.63, 3.8) is 0 Å². The van der Waals surface area contributed by atoms with Gasteiger partial charge in [-0.25, -0.2) is 19.9 Å². The quantitative estimate of drug-likeness (QED) is 0.154. The molecule has 0 spiro atoms. The Morgan fingerprint density at radius 2 is 1.34 bits per heavy atom. The van der Waals surface area contributed by atoms with Crippen molar-refractivity contribution in [3.8, 4) is 11.4 Å². The van der Waals surface area contributed by atoms with E-state index in [2.05, 4.69) is 102 Å². The first-order chi connectivity index (χ1) is 25.9. The van der Waals surface area contributed by atoms with Crippen LogP contribution >= 0.6 is 0 Å². The van der Waals surface area contributed by atoms with Gasteiger partial charge < -0.3 is 19.6 Å². The molecule has 8 aromatic rings. The molecule has 53 heavy (non-hydrogen) atoms. The van der Waals surface area contributed by atoms with Crippen molar-refractivity contribution in [1.29, 1.82) is 0 Å². The van der Waals surface area contributed by atoms with Gasteiger partial charge in [0, 0.05) is 37.5 Å². The number of benzene rings is 2. The van der Waals surface area contributed by atoms with Crippen molar-refractivity contribution >= 4 is 56.0 Å². The summed E-state index contributed by atoms with van der Waals surface area (Å²) in [6, 6.07) is 12.4. The molecule has 0 amide bonds. The van der Waals surface area contributed by atoms with Gasteiger partial charge in [0.15, 0.2) is 11.3 Å². The van der Waals surface area contributed by atoms with Gasteiger partial charge in [-0.3, -0.25) is 19.3 Å². The second-order valence-corrected chi connectivity index (χ2v) is 13.5. The van der Waals surface area contributed by atoms with Gasteiger partial charge >= 0.3 is 0 Å². The number of hydrogen-bond donors (Lipinski definition) is 2. The predicted molar refractivity (Wildman–Crippen MR) is 208 cm³/mol. The molecule has 0 aliphatic rings. The zero-order valence-corrected chi connectivity index (χ0v) is 30.8. The third kappa shape index (κ3) is 6.85. The first-order valence-corrected chi connectivity index (χ1v) is 18.0. The molecule has 272 valence electrons. The Hall–Kier alpha value is -6.00. The SMILES string of the molecule is CCN(CC)CCN(C)c1ncc2nc(CN(CCCN(C)C)c3ncc4ncn(-c5ccc6cn[nH]c6c5)c4n3)n(-c3ccc4cn[nH]c4c3)c2n1. The van der Waals surface area contributed by atoms with Gasteiger partial charge in [0.05, 0.1) is 53.7 Å². The van der Waals surface area contributed by atoms with Crippen LogP contribution in [-0.2, 0) is 6.54 Å². The van der Waals surface area contributed by atoms with E-state index in [1.54, 1.807) is 12.5 Å². The Bertz CT molecular complexity index is 2490. The van der Waals surface area contributed by atoms with Crippen LogP contribution in [0.3, 0.4) is 0 Å². The Labute approximate surface area is 306 Å². The Morgan fingerprint density at radius 1 is 0.660 bits per heavy atom. The molecule has 0 aliphatic carbocycles. The molecular weight excluding hydrogens is 669 g/mol. The van der Waals surface area contributed by atoms with Crippen LogP contribution in [-0.4, -0.2) is 130 Å². The fraction of sp³-hybridized carbons (Fsp3) is 0.351. The maximum absolute atomic E-state index is 5.16. The fourth-order valence-electron chi connectivity index (χ4n) is 6.68. The van der Waals surface area contributed by atoms with Crippen LogP contribution in [0.25, 0.3) is 55.5 Å². The van der Waals surface area contributed by atoms with E-state index in [4.69, 9.17) is 24.9 Å². The molecule has 8 rings (SSSR count). The largest absolute Gasteiger partial charge is 0.343 e. The maximum atomic E-state index is 5.16.